The molecular formula is C17H17N3O2. The molecule has 112 valence electrons. The number of anilines is 2. The Morgan fingerprint density at radius 3 is 2.82 bits per heavy atom. The van der Waals surface area contributed by atoms with Gasteiger partial charge in [0.15, 0.2) is 0 Å². The molecule has 0 radical (unpaired) electrons. The molecule has 2 N–H and O–H groups in total. The monoisotopic (exact) mass is 295 g/mol. The van der Waals surface area contributed by atoms with Crippen molar-refractivity contribution in [2.75, 3.05) is 24.3 Å². The van der Waals surface area contributed by atoms with Gasteiger partial charge in [0.1, 0.15) is 5.75 Å². The van der Waals surface area contributed by atoms with Crippen LogP contribution >= 0.6 is 0 Å². The normalized spacial score (nSPS) is 9.64. The van der Waals surface area contributed by atoms with Crippen LogP contribution in [0.2, 0.25) is 0 Å². The van der Waals surface area contributed by atoms with Crippen LogP contribution in [0.25, 0.3) is 0 Å². The number of para-hydroxylation sites is 2. The van der Waals surface area contributed by atoms with Gasteiger partial charge in [-0.2, -0.15) is 5.26 Å². The molecule has 0 atom stereocenters. The summed E-state index contributed by atoms with van der Waals surface area (Å²) in [7, 11) is 1.61. The van der Waals surface area contributed by atoms with E-state index in [1.807, 2.05) is 30.3 Å². The van der Waals surface area contributed by atoms with Crippen molar-refractivity contribution in [2.45, 2.75) is 6.42 Å². The summed E-state index contributed by atoms with van der Waals surface area (Å²) in [6.07, 6.45) is 0.314. The molecule has 5 heteroatoms. The molecule has 0 bridgehead atoms. The molecular weight excluding hydrogens is 278 g/mol. The van der Waals surface area contributed by atoms with Gasteiger partial charge in [0, 0.05) is 18.7 Å². The minimum Gasteiger partial charge on any atom is -0.495 e. The number of ether oxygens (including phenoxy) is 1. The Morgan fingerprint density at radius 2 is 2.05 bits per heavy atom. The number of rotatable bonds is 6. The molecule has 0 aromatic heterocycles. The molecule has 0 fully saturated rings. The molecule has 2 aromatic rings. The van der Waals surface area contributed by atoms with E-state index in [0.717, 1.165) is 11.4 Å². The van der Waals surface area contributed by atoms with Crippen molar-refractivity contribution in [3.05, 3.63) is 54.1 Å². The number of amides is 1. The lowest BCUT2D eigenvalue weighted by Gasteiger charge is -2.11. The van der Waals surface area contributed by atoms with E-state index in [1.165, 1.54) is 0 Å². The molecule has 0 spiro atoms. The van der Waals surface area contributed by atoms with E-state index < -0.39 is 0 Å². The standard InChI is InChI=1S/C17H17N3O2/c1-22-16-8-3-2-7-15(16)19-10-9-17(21)20-14-6-4-5-13(11-14)12-18/h2-8,11,19H,9-10H2,1H3,(H,20,21). The summed E-state index contributed by atoms with van der Waals surface area (Å²) in [5.74, 6) is 0.627. The number of methoxy groups -OCH3 is 1. The van der Waals surface area contributed by atoms with Crippen molar-refractivity contribution in [3.63, 3.8) is 0 Å². The number of nitrogens with one attached hydrogen (secondary N) is 2. The summed E-state index contributed by atoms with van der Waals surface area (Å²) in [5, 5.41) is 14.8. The van der Waals surface area contributed by atoms with Crippen molar-refractivity contribution in [1.82, 2.24) is 0 Å². The highest BCUT2D eigenvalue weighted by Crippen LogP contribution is 2.22. The molecule has 22 heavy (non-hydrogen) atoms. The van der Waals surface area contributed by atoms with Gasteiger partial charge in [-0.3, -0.25) is 4.79 Å². The molecule has 0 unspecified atom stereocenters. The van der Waals surface area contributed by atoms with Crippen molar-refractivity contribution in [2.24, 2.45) is 0 Å². The number of nitriles is 1. The molecule has 5 nitrogen and oxygen atoms in total. The van der Waals surface area contributed by atoms with Gasteiger partial charge in [-0.15, -0.1) is 0 Å². The van der Waals surface area contributed by atoms with Crippen LogP contribution < -0.4 is 15.4 Å². The molecule has 0 saturated heterocycles. The van der Waals surface area contributed by atoms with E-state index in [2.05, 4.69) is 10.6 Å². The lowest BCUT2D eigenvalue weighted by Crippen LogP contribution is -2.16. The Hall–Kier alpha value is -3.00. The average molecular weight is 295 g/mol. The highest BCUT2D eigenvalue weighted by Gasteiger charge is 2.05. The van der Waals surface area contributed by atoms with Gasteiger partial charge in [-0.05, 0) is 30.3 Å². The van der Waals surface area contributed by atoms with Gasteiger partial charge in [-0.25, -0.2) is 0 Å². The number of carbonyl (C=O) groups excluding carboxylic acids is 1. The van der Waals surface area contributed by atoms with E-state index >= 15 is 0 Å². The van der Waals surface area contributed by atoms with Gasteiger partial charge in [0.25, 0.3) is 0 Å². The van der Waals surface area contributed by atoms with Gasteiger partial charge >= 0.3 is 0 Å². The summed E-state index contributed by atoms with van der Waals surface area (Å²) < 4.78 is 5.23. The predicted molar refractivity (Wildman–Crippen MR) is 85.9 cm³/mol. The maximum Gasteiger partial charge on any atom is 0.226 e. The molecule has 2 rings (SSSR count). The van der Waals surface area contributed by atoms with Crippen LogP contribution in [0, 0.1) is 11.3 Å². The lowest BCUT2D eigenvalue weighted by molar-refractivity contribution is -0.115. The second kappa shape index (κ2) is 7.70. The largest absolute Gasteiger partial charge is 0.495 e. The first kappa shape index (κ1) is 15.4. The average Bonchev–Trinajstić information content (AvgIpc) is 2.55. The summed E-state index contributed by atoms with van der Waals surface area (Å²) in [6, 6.07) is 16.4. The number of nitrogens with zero attached hydrogens (tertiary/aromatic N) is 1. The van der Waals surface area contributed by atoms with E-state index in [1.54, 1.807) is 31.4 Å². The van der Waals surface area contributed by atoms with Gasteiger partial charge in [-0.1, -0.05) is 18.2 Å². The predicted octanol–water partition coefficient (Wildman–Crippen LogP) is 3.01. The first-order valence-electron chi connectivity index (χ1n) is 6.90. The Bertz CT molecular complexity index is 692. The van der Waals surface area contributed by atoms with Crippen molar-refractivity contribution in [1.29, 1.82) is 5.26 Å². The zero-order valence-corrected chi connectivity index (χ0v) is 12.3. The number of hydrogen-bond acceptors (Lipinski definition) is 4. The van der Waals surface area contributed by atoms with E-state index in [9.17, 15) is 4.79 Å². The topological polar surface area (TPSA) is 74.2 Å². The van der Waals surface area contributed by atoms with Crippen LogP contribution in [0.15, 0.2) is 48.5 Å². The second-order valence-electron chi connectivity index (χ2n) is 4.62. The molecule has 2 aromatic carbocycles. The third-order valence-electron chi connectivity index (χ3n) is 3.05. The molecule has 0 aliphatic rings. The van der Waals surface area contributed by atoms with Crippen molar-refractivity contribution < 1.29 is 9.53 Å². The maximum atomic E-state index is 11.9. The highest BCUT2D eigenvalue weighted by atomic mass is 16.5. The lowest BCUT2D eigenvalue weighted by atomic mass is 10.2. The SMILES string of the molecule is COc1ccccc1NCCC(=O)Nc1cccc(C#N)c1. The van der Waals surface area contributed by atoms with Gasteiger partial charge < -0.3 is 15.4 Å². The Morgan fingerprint density at radius 1 is 1.23 bits per heavy atom. The third-order valence-corrected chi connectivity index (χ3v) is 3.05. The quantitative estimate of drug-likeness (QED) is 0.859. The van der Waals surface area contributed by atoms with Crippen LogP contribution in [-0.2, 0) is 4.79 Å². The molecule has 0 aliphatic carbocycles. The molecule has 1 amide bonds. The van der Waals surface area contributed by atoms with E-state index in [0.29, 0.717) is 24.2 Å². The first-order chi connectivity index (χ1) is 10.7. The Labute approximate surface area is 129 Å². The zero-order valence-electron chi connectivity index (χ0n) is 12.3. The summed E-state index contributed by atoms with van der Waals surface area (Å²) in [4.78, 5) is 11.9. The van der Waals surface area contributed by atoms with Crippen LogP contribution in [0.4, 0.5) is 11.4 Å². The maximum absolute atomic E-state index is 11.9. The third kappa shape index (κ3) is 4.25. The van der Waals surface area contributed by atoms with Crippen LogP contribution in [0.5, 0.6) is 5.75 Å². The fourth-order valence-electron chi connectivity index (χ4n) is 1.99. The Kier molecular flexibility index (Phi) is 5.38. The van der Waals surface area contributed by atoms with Crippen LogP contribution in [0.3, 0.4) is 0 Å². The minimum absolute atomic E-state index is 0.113. The van der Waals surface area contributed by atoms with Crippen molar-refractivity contribution in [3.8, 4) is 11.8 Å². The fourth-order valence-corrected chi connectivity index (χ4v) is 1.99. The summed E-state index contributed by atoms with van der Waals surface area (Å²) in [6.45, 7) is 0.490. The Balaban J connectivity index is 1.84. The summed E-state index contributed by atoms with van der Waals surface area (Å²) in [5.41, 5.74) is 2.00. The minimum atomic E-state index is -0.113. The number of benzene rings is 2. The molecule has 0 aliphatic heterocycles. The molecule has 0 heterocycles. The van der Waals surface area contributed by atoms with Crippen molar-refractivity contribution >= 4 is 17.3 Å². The number of hydrogen-bond donors (Lipinski definition) is 2. The van der Waals surface area contributed by atoms with Crippen LogP contribution in [-0.4, -0.2) is 19.6 Å². The highest BCUT2D eigenvalue weighted by molar-refractivity contribution is 5.91. The van der Waals surface area contributed by atoms with Gasteiger partial charge in [0.05, 0.1) is 24.4 Å². The zero-order chi connectivity index (χ0) is 15.8. The second-order valence-corrected chi connectivity index (χ2v) is 4.62. The van der Waals surface area contributed by atoms with E-state index in [-0.39, 0.29) is 5.91 Å². The number of carbonyl (C=O) groups is 1. The smallest absolute Gasteiger partial charge is 0.226 e. The fraction of sp³-hybridized carbons (Fsp3) is 0.176. The van der Waals surface area contributed by atoms with Gasteiger partial charge in [0.2, 0.25) is 5.91 Å². The first-order valence-corrected chi connectivity index (χ1v) is 6.90. The van der Waals surface area contributed by atoms with Crippen LogP contribution in [0.1, 0.15) is 12.0 Å². The molecule has 0 saturated carbocycles. The summed E-state index contributed by atoms with van der Waals surface area (Å²) >= 11 is 0. The van der Waals surface area contributed by atoms with E-state index in [4.69, 9.17) is 10.00 Å².